The lowest BCUT2D eigenvalue weighted by molar-refractivity contribution is -0.123. The third kappa shape index (κ3) is 5.62. The van der Waals surface area contributed by atoms with Crippen molar-refractivity contribution in [2.45, 2.75) is 13.3 Å². The number of fused-ring (bicyclic) bond motifs is 1. The molecule has 0 saturated heterocycles. The van der Waals surface area contributed by atoms with Gasteiger partial charge in [-0.1, -0.05) is 61.0 Å². The molecule has 1 aromatic heterocycles. The fourth-order valence-corrected chi connectivity index (χ4v) is 4.53. The van der Waals surface area contributed by atoms with Crippen LogP contribution in [0.1, 0.15) is 27.7 Å². The smallest absolute Gasteiger partial charge is 0.355 e. The summed E-state index contributed by atoms with van der Waals surface area (Å²) < 4.78 is 12.0. The Kier molecular flexibility index (Phi) is 7.57. The number of hydrogen-bond acceptors (Lipinski definition) is 6. The highest BCUT2D eigenvalue weighted by Crippen LogP contribution is 2.36. The van der Waals surface area contributed by atoms with Crippen LogP contribution in [0.15, 0.2) is 77.9 Å². The normalized spacial score (nSPS) is 11.0. The van der Waals surface area contributed by atoms with Crippen molar-refractivity contribution in [2.24, 2.45) is 5.10 Å². The largest absolute Gasteiger partial charge is 0.484 e. The predicted molar refractivity (Wildman–Crippen MR) is 135 cm³/mol. The molecule has 0 fully saturated rings. The number of para-hydroxylation sites is 1. The molecule has 0 unspecified atom stereocenters. The molecule has 1 heterocycles. The van der Waals surface area contributed by atoms with Gasteiger partial charge in [0.25, 0.3) is 5.91 Å². The van der Waals surface area contributed by atoms with Crippen molar-refractivity contribution in [1.29, 1.82) is 0 Å². The Balaban J connectivity index is 1.37. The summed E-state index contributed by atoms with van der Waals surface area (Å²) in [5, 5.41) is 5.13. The second-order valence-electron chi connectivity index (χ2n) is 7.25. The molecule has 0 bridgehead atoms. The summed E-state index contributed by atoms with van der Waals surface area (Å²) in [6, 6.07) is 21.9. The molecule has 4 aromatic rings. The summed E-state index contributed by atoms with van der Waals surface area (Å²) in [6.07, 6.45) is 2.34. The Morgan fingerprint density at radius 3 is 2.53 bits per heavy atom. The minimum absolute atomic E-state index is 0.177. The molecular weight excluding hydrogens is 472 g/mol. The molecule has 0 aliphatic heterocycles. The van der Waals surface area contributed by atoms with Gasteiger partial charge >= 0.3 is 5.97 Å². The number of ether oxygens (including phenoxy) is 2. The van der Waals surface area contributed by atoms with Crippen LogP contribution in [0, 0.1) is 0 Å². The lowest BCUT2D eigenvalue weighted by atomic mass is 10.2. The topological polar surface area (TPSA) is 77.0 Å². The van der Waals surface area contributed by atoms with E-state index in [1.807, 2.05) is 48.5 Å². The number of benzene rings is 3. The van der Waals surface area contributed by atoms with Crippen LogP contribution in [-0.4, -0.2) is 24.7 Å². The average molecular weight is 493 g/mol. The molecule has 8 heteroatoms. The molecule has 6 nitrogen and oxygen atoms in total. The fraction of sp³-hybridized carbons (Fsp3) is 0.115. The van der Waals surface area contributed by atoms with E-state index in [1.165, 1.54) is 23.1 Å². The highest BCUT2D eigenvalue weighted by molar-refractivity contribution is 7.21. The number of thiophene rings is 1. The summed E-state index contributed by atoms with van der Waals surface area (Å²) in [4.78, 5) is 25.1. The van der Waals surface area contributed by atoms with E-state index in [9.17, 15) is 9.59 Å². The molecular formula is C26H21ClN2O4S. The number of aryl methyl sites for hydroxylation is 1. The van der Waals surface area contributed by atoms with Crippen molar-refractivity contribution in [3.63, 3.8) is 0 Å². The van der Waals surface area contributed by atoms with Gasteiger partial charge in [0.05, 0.1) is 11.2 Å². The fourth-order valence-electron chi connectivity index (χ4n) is 3.15. The van der Waals surface area contributed by atoms with Gasteiger partial charge in [-0.05, 0) is 42.3 Å². The number of hydrazone groups is 1. The molecule has 0 aliphatic carbocycles. The summed E-state index contributed by atoms with van der Waals surface area (Å²) >= 11 is 7.66. The number of halogens is 1. The van der Waals surface area contributed by atoms with Crippen molar-refractivity contribution < 1.29 is 19.1 Å². The number of nitrogens with one attached hydrogen (secondary N) is 1. The van der Waals surface area contributed by atoms with Gasteiger partial charge in [0.2, 0.25) is 0 Å². The van der Waals surface area contributed by atoms with E-state index in [-0.39, 0.29) is 6.61 Å². The van der Waals surface area contributed by atoms with Gasteiger partial charge in [0.1, 0.15) is 16.4 Å². The van der Waals surface area contributed by atoms with E-state index >= 15 is 0 Å². The van der Waals surface area contributed by atoms with E-state index in [4.69, 9.17) is 21.1 Å². The van der Waals surface area contributed by atoms with Crippen LogP contribution in [0.5, 0.6) is 11.5 Å². The Morgan fingerprint density at radius 2 is 1.76 bits per heavy atom. The Labute approximate surface area is 205 Å². The van der Waals surface area contributed by atoms with Crippen LogP contribution < -0.4 is 14.9 Å². The number of amides is 1. The number of nitrogens with zero attached hydrogens (tertiary/aromatic N) is 1. The first-order valence-corrected chi connectivity index (χ1v) is 11.8. The molecule has 0 saturated carbocycles. The molecule has 0 aliphatic rings. The van der Waals surface area contributed by atoms with Crippen molar-refractivity contribution in [3.8, 4) is 11.5 Å². The first kappa shape index (κ1) is 23.5. The minimum atomic E-state index is -0.557. The summed E-state index contributed by atoms with van der Waals surface area (Å²) in [6.45, 7) is 1.89. The number of carbonyl (C=O) groups excluding carboxylic acids is 2. The highest BCUT2D eigenvalue weighted by Gasteiger charge is 2.19. The maximum absolute atomic E-state index is 12.8. The first-order valence-electron chi connectivity index (χ1n) is 10.6. The zero-order chi connectivity index (χ0) is 23.9. The van der Waals surface area contributed by atoms with Crippen molar-refractivity contribution in [1.82, 2.24) is 5.43 Å². The second-order valence-corrected chi connectivity index (χ2v) is 8.68. The van der Waals surface area contributed by atoms with Crippen molar-refractivity contribution in [3.05, 3.63) is 93.8 Å². The van der Waals surface area contributed by atoms with E-state index in [0.717, 1.165) is 16.5 Å². The monoisotopic (exact) mass is 492 g/mol. The van der Waals surface area contributed by atoms with Crippen LogP contribution in [0.3, 0.4) is 0 Å². The third-order valence-electron chi connectivity index (χ3n) is 4.94. The Hall–Kier alpha value is -3.68. The van der Waals surface area contributed by atoms with Crippen molar-refractivity contribution >= 4 is 51.1 Å². The van der Waals surface area contributed by atoms with Gasteiger partial charge in [-0.2, -0.15) is 5.10 Å². The molecule has 34 heavy (non-hydrogen) atoms. The lowest BCUT2D eigenvalue weighted by Crippen LogP contribution is -2.24. The number of hydrogen-bond donors (Lipinski definition) is 1. The third-order valence-corrected chi connectivity index (χ3v) is 6.59. The van der Waals surface area contributed by atoms with Crippen molar-refractivity contribution in [2.75, 3.05) is 6.61 Å². The van der Waals surface area contributed by atoms with Crippen LogP contribution in [0.4, 0.5) is 0 Å². The first-order chi connectivity index (χ1) is 16.5. The minimum Gasteiger partial charge on any atom is -0.484 e. The molecule has 0 radical (unpaired) electrons. The van der Waals surface area contributed by atoms with E-state index in [1.54, 1.807) is 24.3 Å². The van der Waals surface area contributed by atoms with Crippen LogP contribution >= 0.6 is 22.9 Å². The van der Waals surface area contributed by atoms with Crippen LogP contribution in [0.25, 0.3) is 10.1 Å². The molecule has 1 N–H and O–H groups in total. The van der Waals surface area contributed by atoms with Crippen LogP contribution in [0.2, 0.25) is 5.02 Å². The van der Waals surface area contributed by atoms with Crippen LogP contribution in [-0.2, 0) is 11.2 Å². The van der Waals surface area contributed by atoms with E-state index in [0.29, 0.717) is 27.0 Å². The van der Waals surface area contributed by atoms with Gasteiger partial charge in [0.15, 0.2) is 6.61 Å². The molecule has 3 aromatic carbocycles. The van der Waals surface area contributed by atoms with Gasteiger partial charge in [0, 0.05) is 15.6 Å². The Morgan fingerprint density at radius 1 is 1.03 bits per heavy atom. The predicted octanol–water partition coefficient (Wildman–Crippen LogP) is 5.87. The maximum Gasteiger partial charge on any atom is 0.355 e. The quantitative estimate of drug-likeness (QED) is 0.144. The molecule has 0 atom stereocenters. The van der Waals surface area contributed by atoms with E-state index < -0.39 is 11.9 Å². The number of carbonyl (C=O) groups is 2. The average Bonchev–Trinajstić information content (AvgIpc) is 3.21. The molecule has 1 amide bonds. The standard InChI is InChI=1S/C26H21ClN2O4S/c1-2-17-11-13-19(14-12-17)32-16-23(30)29-28-15-18-7-3-5-9-21(18)33-26(31)25-24(27)20-8-4-6-10-22(20)34-25/h3-15H,2,16H2,1H3,(H,29,30). The second kappa shape index (κ2) is 11.0. The van der Waals surface area contributed by atoms with Gasteiger partial charge in [-0.15, -0.1) is 11.3 Å². The van der Waals surface area contributed by atoms with E-state index in [2.05, 4.69) is 17.5 Å². The molecule has 4 rings (SSSR count). The molecule has 0 spiro atoms. The van der Waals surface area contributed by atoms with Gasteiger partial charge < -0.3 is 9.47 Å². The highest BCUT2D eigenvalue weighted by atomic mass is 35.5. The van der Waals surface area contributed by atoms with Gasteiger partial charge in [-0.3, -0.25) is 4.79 Å². The lowest BCUT2D eigenvalue weighted by Gasteiger charge is -2.07. The molecule has 172 valence electrons. The zero-order valence-electron chi connectivity index (χ0n) is 18.3. The Bertz CT molecular complexity index is 1350. The maximum atomic E-state index is 12.8. The summed E-state index contributed by atoms with van der Waals surface area (Å²) in [5.41, 5.74) is 4.12. The number of rotatable bonds is 8. The van der Waals surface area contributed by atoms with Gasteiger partial charge in [-0.25, -0.2) is 10.2 Å². The zero-order valence-corrected chi connectivity index (χ0v) is 19.9. The SMILES string of the molecule is CCc1ccc(OCC(=O)NN=Cc2ccccc2OC(=O)c2sc3ccccc3c2Cl)cc1. The summed E-state index contributed by atoms with van der Waals surface area (Å²) in [7, 11) is 0. The summed E-state index contributed by atoms with van der Waals surface area (Å²) in [5.74, 6) is -0.0688. The number of esters is 1.